The third-order valence-electron chi connectivity index (χ3n) is 6.05. The number of amides is 3. The molecule has 0 radical (unpaired) electrons. The second kappa shape index (κ2) is 11.2. The van der Waals surface area contributed by atoms with Crippen molar-refractivity contribution in [3.05, 3.63) is 59.7 Å². The number of anilines is 1. The van der Waals surface area contributed by atoms with E-state index in [1.54, 1.807) is 54.3 Å². The molecule has 1 N–H and O–H groups in total. The highest BCUT2D eigenvalue weighted by molar-refractivity contribution is 5.99. The summed E-state index contributed by atoms with van der Waals surface area (Å²) in [5.74, 6) is -0.192. The first-order valence-corrected chi connectivity index (χ1v) is 11.4. The van der Waals surface area contributed by atoms with Crippen molar-refractivity contribution in [2.45, 2.75) is 32.9 Å². The van der Waals surface area contributed by atoms with Crippen LogP contribution in [0.4, 0.5) is 5.69 Å². The molecule has 1 aliphatic heterocycles. The van der Waals surface area contributed by atoms with Crippen LogP contribution in [-0.4, -0.2) is 73.5 Å². The van der Waals surface area contributed by atoms with Gasteiger partial charge in [-0.05, 0) is 37.3 Å². The van der Waals surface area contributed by atoms with Crippen LogP contribution >= 0.6 is 0 Å². The van der Waals surface area contributed by atoms with Crippen molar-refractivity contribution in [1.82, 2.24) is 9.80 Å². The molecular formula is C26H33N3O5. The predicted octanol–water partition coefficient (Wildman–Crippen LogP) is 3.29. The van der Waals surface area contributed by atoms with Gasteiger partial charge in [0.1, 0.15) is 12.4 Å². The number of hydrogen-bond donors (Lipinski definition) is 1. The third kappa shape index (κ3) is 5.94. The summed E-state index contributed by atoms with van der Waals surface area (Å²) in [5.41, 5.74) is 1.45. The van der Waals surface area contributed by atoms with Crippen molar-refractivity contribution < 1.29 is 23.9 Å². The van der Waals surface area contributed by atoms with Crippen LogP contribution in [0.2, 0.25) is 0 Å². The fraction of sp³-hybridized carbons (Fsp3) is 0.423. The number of fused-ring (bicyclic) bond motifs is 1. The van der Waals surface area contributed by atoms with Crippen molar-refractivity contribution in [2.75, 3.05) is 39.2 Å². The molecule has 8 heteroatoms. The van der Waals surface area contributed by atoms with E-state index in [2.05, 4.69) is 5.32 Å². The maximum atomic E-state index is 13.4. The highest BCUT2D eigenvalue weighted by Gasteiger charge is 2.30. The Labute approximate surface area is 200 Å². The minimum atomic E-state index is -0.283. The number of ether oxygens (including phenoxy) is 2. The van der Waals surface area contributed by atoms with Gasteiger partial charge in [0.05, 0.1) is 17.7 Å². The van der Waals surface area contributed by atoms with Gasteiger partial charge in [-0.25, -0.2) is 0 Å². The molecule has 182 valence electrons. The number of carbonyl (C=O) groups excluding carboxylic acids is 3. The van der Waals surface area contributed by atoms with Crippen LogP contribution in [0.5, 0.6) is 5.75 Å². The van der Waals surface area contributed by atoms with Crippen LogP contribution in [0.3, 0.4) is 0 Å². The molecule has 3 amide bonds. The molecule has 0 fully saturated rings. The van der Waals surface area contributed by atoms with Gasteiger partial charge in [-0.15, -0.1) is 0 Å². The van der Waals surface area contributed by atoms with Gasteiger partial charge in [-0.1, -0.05) is 25.1 Å². The zero-order valence-corrected chi connectivity index (χ0v) is 20.4. The summed E-state index contributed by atoms with van der Waals surface area (Å²) in [6, 6.07) is 13.9. The lowest BCUT2D eigenvalue weighted by Gasteiger charge is -2.36. The average molecular weight is 468 g/mol. The Morgan fingerprint density at radius 3 is 2.44 bits per heavy atom. The minimum absolute atomic E-state index is 0.0417. The van der Waals surface area contributed by atoms with Gasteiger partial charge in [0.15, 0.2) is 0 Å². The summed E-state index contributed by atoms with van der Waals surface area (Å²) >= 11 is 0. The smallest absolute Gasteiger partial charge is 0.257 e. The molecule has 0 saturated heterocycles. The van der Waals surface area contributed by atoms with E-state index in [0.29, 0.717) is 35.7 Å². The largest absolute Gasteiger partial charge is 0.491 e. The number of benzene rings is 2. The first kappa shape index (κ1) is 25.2. The first-order chi connectivity index (χ1) is 16.2. The number of nitrogens with one attached hydrogen (secondary N) is 1. The minimum Gasteiger partial charge on any atom is -0.491 e. The van der Waals surface area contributed by atoms with Gasteiger partial charge in [0.25, 0.3) is 11.8 Å². The Kier molecular flexibility index (Phi) is 8.28. The second-order valence-corrected chi connectivity index (χ2v) is 8.81. The SMILES string of the molecule is CO[C@@H]1CN(C)C(=O)c2cc(NC(C)=O)ccc2OC[C@@H](C)N(C(=O)c2ccccc2)C[C@@H]1C. The summed E-state index contributed by atoms with van der Waals surface area (Å²) in [7, 11) is 3.32. The molecule has 0 aliphatic carbocycles. The summed E-state index contributed by atoms with van der Waals surface area (Å²) in [6.45, 7) is 6.34. The number of nitrogens with zero attached hydrogens (tertiary/aromatic N) is 2. The standard InChI is InChI=1S/C26H33N3O5/c1-17-14-29(25(31)20-9-7-6-8-10-20)18(2)16-34-23-12-11-21(27-19(3)30)13-22(23)26(32)28(4)15-24(17)33-5/h6-13,17-18,24H,14-16H2,1-5H3,(H,27,30)/t17-,18+,24+/m0/s1. The van der Waals surface area contributed by atoms with Crippen LogP contribution in [0.1, 0.15) is 41.5 Å². The van der Waals surface area contributed by atoms with Gasteiger partial charge in [-0.2, -0.15) is 0 Å². The van der Waals surface area contributed by atoms with Gasteiger partial charge in [-0.3, -0.25) is 14.4 Å². The van der Waals surface area contributed by atoms with E-state index < -0.39 is 0 Å². The maximum absolute atomic E-state index is 13.4. The molecule has 0 saturated carbocycles. The molecule has 1 heterocycles. The molecule has 2 aromatic carbocycles. The van der Waals surface area contributed by atoms with Crippen LogP contribution in [0.15, 0.2) is 48.5 Å². The van der Waals surface area contributed by atoms with Gasteiger partial charge >= 0.3 is 0 Å². The Hall–Kier alpha value is -3.39. The van der Waals surface area contributed by atoms with Crippen LogP contribution in [-0.2, 0) is 9.53 Å². The van der Waals surface area contributed by atoms with E-state index in [-0.39, 0.29) is 42.4 Å². The molecule has 8 nitrogen and oxygen atoms in total. The molecular weight excluding hydrogens is 434 g/mol. The third-order valence-corrected chi connectivity index (χ3v) is 6.05. The highest BCUT2D eigenvalue weighted by atomic mass is 16.5. The van der Waals surface area contributed by atoms with Crippen molar-refractivity contribution in [3.63, 3.8) is 0 Å². The predicted molar refractivity (Wildman–Crippen MR) is 130 cm³/mol. The molecule has 34 heavy (non-hydrogen) atoms. The van der Waals surface area contributed by atoms with Crippen LogP contribution in [0, 0.1) is 5.92 Å². The Bertz CT molecular complexity index is 1030. The molecule has 3 atom stereocenters. The zero-order valence-electron chi connectivity index (χ0n) is 20.4. The molecule has 0 aromatic heterocycles. The molecule has 0 spiro atoms. The highest BCUT2D eigenvalue weighted by Crippen LogP contribution is 2.27. The molecule has 1 aliphatic rings. The number of rotatable bonds is 3. The quantitative estimate of drug-likeness (QED) is 0.748. The Morgan fingerprint density at radius 2 is 1.79 bits per heavy atom. The van der Waals surface area contributed by atoms with E-state index >= 15 is 0 Å². The fourth-order valence-corrected chi connectivity index (χ4v) is 4.09. The molecule has 3 rings (SSSR count). The van der Waals surface area contributed by atoms with E-state index in [4.69, 9.17) is 9.47 Å². The normalized spacial score (nSPS) is 21.6. The molecule has 0 bridgehead atoms. The summed E-state index contributed by atoms with van der Waals surface area (Å²) in [4.78, 5) is 41.6. The van der Waals surface area contributed by atoms with Crippen molar-refractivity contribution in [3.8, 4) is 5.75 Å². The number of carbonyl (C=O) groups is 3. The summed E-state index contributed by atoms with van der Waals surface area (Å²) < 4.78 is 11.8. The number of likely N-dealkylation sites (N-methyl/N-ethyl adjacent to an activating group) is 1. The topological polar surface area (TPSA) is 88.2 Å². The lowest BCUT2D eigenvalue weighted by molar-refractivity contribution is -0.114. The van der Waals surface area contributed by atoms with Crippen molar-refractivity contribution >= 4 is 23.4 Å². The van der Waals surface area contributed by atoms with Crippen molar-refractivity contribution in [2.24, 2.45) is 5.92 Å². The van der Waals surface area contributed by atoms with Crippen LogP contribution < -0.4 is 10.1 Å². The van der Waals surface area contributed by atoms with Crippen molar-refractivity contribution in [1.29, 1.82) is 0 Å². The molecule has 0 unspecified atom stereocenters. The maximum Gasteiger partial charge on any atom is 0.257 e. The Balaban J connectivity index is 1.99. The lowest BCUT2D eigenvalue weighted by atomic mass is 10.0. The van der Waals surface area contributed by atoms with E-state index in [9.17, 15) is 14.4 Å². The van der Waals surface area contributed by atoms with E-state index in [0.717, 1.165) is 0 Å². The van der Waals surface area contributed by atoms with E-state index in [1.165, 1.54) is 6.92 Å². The molecule has 2 aromatic rings. The van der Waals surface area contributed by atoms with Gasteiger partial charge < -0.3 is 24.6 Å². The average Bonchev–Trinajstić information content (AvgIpc) is 2.83. The second-order valence-electron chi connectivity index (χ2n) is 8.81. The number of hydrogen-bond acceptors (Lipinski definition) is 5. The summed E-state index contributed by atoms with van der Waals surface area (Å²) in [5, 5.41) is 2.71. The van der Waals surface area contributed by atoms with E-state index in [1.807, 2.05) is 32.0 Å². The van der Waals surface area contributed by atoms with Gasteiger partial charge in [0, 0.05) is 51.3 Å². The van der Waals surface area contributed by atoms with Crippen LogP contribution in [0.25, 0.3) is 0 Å². The zero-order chi connectivity index (χ0) is 24.8. The Morgan fingerprint density at radius 1 is 1.09 bits per heavy atom. The fourth-order valence-electron chi connectivity index (χ4n) is 4.09. The summed E-state index contributed by atoms with van der Waals surface area (Å²) in [6.07, 6.45) is -0.283. The monoisotopic (exact) mass is 467 g/mol. The first-order valence-electron chi connectivity index (χ1n) is 11.4. The van der Waals surface area contributed by atoms with Gasteiger partial charge in [0.2, 0.25) is 5.91 Å². The lowest BCUT2D eigenvalue weighted by Crippen LogP contribution is -2.48. The number of methoxy groups -OCH3 is 1.